The fourth-order valence-corrected chi connectivity index (χ4v) is 4.01. The highest BCUT2D eigenvalue weighted by molar-refractivity contribution is 6.07. The van der Waals surface area contributed by atoms with Gasteiger partial charge in [0.25, 0.3) is 11.5 Å². The SMILES string of the molecule is O=C(c1cc(F)cc2c(=O)c3cc(F)ccc3[nH]c12)N1CCc2cc[nH]c(=O)c2C1. The van der Waals surface area contributed by atoms with Crippen molar-refractivity contribution in [3.05, 3.63) is 91.5 Å². The van der Waals surface area contributed by atoms with Gasteiger partial charge in [-0.2, -0.15) is 0 Å². The van der Waals surface area contributed by atoms with E-state index < -0.39 is 23.0 Å². The second-order valence-corrected chi connectivity index (χ2v) is 7.31. The van der Waals surface area contributed by atoms with Crippen LogP contribution in [0.5, 0.6) is 0 Å². The molecule has 4 aromatic rings. The maximum atomic E-state index is 14.3. The molecule has 1 aliphatic heterocycles. The van der Waals surface area contributed by atoms with Gasteiger partial charge < -0.3 is 14.9 Å². The van der Waals surface area contributed by atoms with Crippen molar-refractivity contribution in [2.45, 2.75) is 13.0 Å². The van der Waals surface area contributed by atoms with Crippen LogP contribution in [0.4, 0.5) is 8.78 Å². The molecule has 1 amide bonds. The van der Waals surface area contributed by atoms with Gasteiger partial charge in [0.1, 0.15) is 11.6 Å². The number of carbonyl (C=O) groups excluding carboxylic acids is 1. The molecule has 30 heavy (non-hydrogen) atoms. The largest absolute Gasteiger partial charge is 0.354 e. The number of benzene rings is 2. The number of nitrogens with zero attached hydrogens (tertiary/aromatic N) is 1. The normalized spacial score (nSPS) is 13.6. The second kappa shape index (κ2) is 6.62. The van der Waals surface area contributed by atoms with Crippen LogP contribution in [0, 0.1) is 11.6 Å². The van der Waals surface area contributed by atoms with Crippen molar-refractivity contribution in [3.8, 4) is 0 Å². The van der Waals surface area contributed by atoms with Crippen LogP contribution in [0.1, 0.15) is 21.5 Å². The zero-order valence-electron chi connectivity index (χ0n) is 15.6. The number of H-pyrrole nitrogens is 2. The maximum Gasteiger partial charge on any atom is 0.256 e. The summed E-state index contributed by atoms with van der Waals surface area (Å²) in [5.41, 5.74) is 1.04. The van der Waals surface area contributed by atoms with Crippen LogP contribution < -0.4 is 11.0 Å². The molecule has 2 aromatic carbocycles. The summed E-state index contributed by atoms with van der Waals surface area (Å²) in [7, 11) is 0. The zero-order chi connectivity index (χ0) is 21.0. The molecule has 0 saturated heterocycles. The van der Waals surface area contributed by atoms with Crippen LogP contribution in [-0.2, 0) is 13.0 Å². The van der Waals surface area contributed by atoms with E-state index in [2.05, 4.69) is 9.97 Å². The lowest BCUT2D eigenvalue weighted by Gasteiger charge is -2.28. The molecule has 150 valence electrons. The lowest BCUT2D eigenvalue weighted by molar-refractivity contribution is 0.0735. The predicted octanol–water partition coefficient (Wildman–Crippen LogP) is 2.85. The number of hydrogen-bond donors (Lipinski definition) is 2. The van der Waals surface area contributed by atoms with Gasteiger partial charge in [0.2, 0.25) is 0 Å². The van der Waals surface area contributed by atoms with Gasteiger partial charge in [-0.1, -0.05) is 0 Å². The Hall–Kier alpha value is -3.81. The van der Waals surface area contributed by atoms with Crippen molar-refractivity contribution >= 4 is 27.7 Å². The predicted molar refractivity (Wildman–Crippen MR) is 107 cm³/mol. The molecular weight excluding hydrogens is 392 g/mol. The minimum atomic E-state index is -0.748. The summed E-state index contributed by atoms with van der Waals surface area (Å²) in [6.45, 7) is 0.446. The minimum absolute atomic E-state index is 0.0101. The number of aromatic amines is 2. The quantitative estimate of drug-likeness (QED) is 0.476. The highest BCUT2D eigenvalue weighted by Gasteiger charge is 2.26. The van der Waals surface area contributed by atoms with Crippen LogP contribution in [0.3, 0.4) is 0 Å². The van der Waals surface area contributed by atoms with E-state index in [1.807, 2.05) is 0 Å². The minimum Gasteiger partial charge on any atom is -0.354 e. The first-order valence-electron chi connectivity index (χ1n) is 9.36. The number of pyridine rings is 2. The second-order valence-electron chi connectivity index (χ2n) is 7.31. The smallest absolute Gasteiger partial charge is 0.256 e. The topological polar surface area (TPSA) is 86.0 Å². The van der Waals surface area contributed by atoms with Crippen LogP contribution in [0.25, 0.3) is 21.8 Å². The highest BCUT2D eigenvalue weighted by Crippen LogP contribution is 2.24. The third-order valence-electron chi connectivity index (χ3n) is 5.51. The lowest BCUT2D eigenvalue weighted by atomic mass is 10.00. The molecule has 3 heterocycles. The van der Waals surface area contributed by atoms with Gasteiger partial charge in [0.05, 0.1) is 17.6 Å². The highest BCUT2D eigenvalue weighted by atomic mass is 19.1. The average Bonchev–Trinajstić information content (AvgIpc) is 2.74. The summed E-state index contributed by atoms with van der Waals surface area (Å²) >= 11 is 0. The standard InChI is InChI=1S/C22H15F2N3O3/c23-12-1-2-18-14(7-12)20(28)15-8-13(24)9-16(19(15)26-18)22(30)27-6-4-11-3-5-25-21(29)17(11)10-27/h1-3,5,7-9H,4,6,10H2,(H,25,29)(H,26,28). The molecular formula is C22H15F2N3O3. The van der Waals surface area contributed by atoms with Gasteiger partial charge in [-0.25, -0.2) is 8.78 Å². The molecule has 6 nitrogen and oxygen atoms in total. The Bertz CT molecular complexity index is 1470. The van der Waals surface area contributed by atoms with E-state index in [1.54, 1.807) is 12.3 Å². The third kappa shape index (κ3) is 2.80. The average molecular weight is 407 g/mol. The molecule has 0 spiro atoms. The molecule has 5 rings (SSSR count). The molecule has 0 bridgehead atoms. The first kappa shape index (κ1) is 18.2. The first-order chi connectivity index (χ1) is 14.4. The number of amides is 1. The molecule has 0 saturated carbocycles. The number of nitrogens with one attached hydrogen (secondary N) is 2. The third-order valence-corrected chi connectivity index (χ3v) is 5.51. The monoisotopic (exact) mass is 407 g/mol. The van der Waals surface area contributed by atoms with Crippen molar-refractivity contribution < 1.29 is 13.6 Å². The van der Waals surface area contributed by atoms with E-state index >= 15 is 0 Å². The Kier molecular flexibility index (Phi) is 4.02. The van der Waals surface area contributed by atoms with Crippen LogP contribution in [-0.4, -0.2) is 27.3 Å². The van der Waals surface area contributed by atoms with E-state index in [1.165, 1.54) is 17.0 Å². The van der Waals surface area contributed by atoms with Gasteiger partial charge in [-0.3, -0.25) is 14.4 Å². The molecule has 0 fully saturated rings. The summed E-state index contributed by atoms with van der Waals surface area (Å²) in [5, 5.41) is 0.0386. The van der Waals surface area contributed by atoms with Crippen molar-refractivity contribution in [1.82, 2.24) is 14.9 Å². The van der Waals surface area contributed by atoms with Gasteiger partial charge in [0, 0.05) is 34.6 Å². The van der Waals surface area contributed by atoms with Crippen molar-refractivity contribution in [3.63, 3.8) is 0 Å². The summed E-state index contributed by atoms with van der Waals surface area (Å²) in [6.07, 6.45) is 2.06. The zero-order valence-corrected chi connectivity index (χ0v) is 15.6. The van der Waals surface area contributed by atoms with E-state index in [-0.39, 0.29) is 34.0 Å². The fourth-order valence-electron chi connectivity index (χ4n) is 4.01. The van der Waals surface area contributed by atoms with Crippen LogP contribution in [0.2, 0.25) is 0 Å². The number of hydrogen-bond acceptors (Lipinski definition) is 3. The summed E-state index contributed by atoms with van der Waals surface area (Å²) < 4.78 is 27.9. The van der Waals surface area contributed by atoms with Crippen molar-refractivity contribution in [2.75, 3.05) is 6.54 Å². The molecule has 2 N–H and O–H groups in total. The van der Waals surface area contributed by atoms with Gasteiger partial charge in [-0.05, 0) is 48.4 Å². The summed E-state index contributed by atoms with van der Waals surface area (Å²) in [5.74, 6) is -1.83. The molecule has 8 heteroatoms. The van der Waals surface area contributed by atoms with E-state index in [0.29, 0.717) is 24.0 Å². The van der Waals surface area contributed by atoms with Gasteiger partial charge >= 0.3 is 0 Å². The van der Waals surface area contributed by atoms with Crippen LogP contribution >= 0.6 is 0 Å². The number of halogens is 2. The maximum absolute atomic E-state index is 14.3. The summed E-state index contributed by atoms with van der Waals surface area (Å²) in [4.78, 5) is 45.2. The Morgan fingerprint density at radius 1 is 1.00 bits per heavy atom. The Morgan fingerprint density at radius 3 is 2.63 bits per heavy atom. The molecule has 0 radical (unpaired) electrons. The molecule has 1 aliphatic rings. The Labute approximate surface area is 167 Å². The number of fused-ring (bicyclic) bond motifs is 3. The molecule has 2 aromatic heterocycles. The van der Waals surface area contributed by atoms with E-state index in [4.69, 9.17) is 0 Å². The number of aromatic nitrogens is 2. The van der Waals surface area contributed by atoms with Gasteiger partial charge in [-0.15, -0.1) is 0 Å². The van der Waals surface area contributed by atoms with Gasteiger partial charge in [0.15, 0.2) is 5.43 Å². The first-order valence-corrected chi connectivity index (χ1v) is 9.36. The summed E-state index contributed by atoms with van der Waals surface area (Å²) in [6, 6.07) is 7.59. The van der Waals surface area contributed by atoms with Crippen LogP contribution in [0.15, 0.2) is 52.2 Å². The molecule has 0 atom stereocenters. The van der Waals surface area contributed by atoms with E-state index in [0.717, 1.165) is 23.8 Å². The fraction of sp³-hybridized carbons (Fsp3) is 0.136. The van der Waals surface area contributed by atoms with Crippen molar-refractivity contribution in [2.24, 2.45) is 0 Å². The Balaban J connectivity index is 1.67. The number of carbonyl (C=O) groups is 1. The number of rotatable bonds is 1. The van der Waals surface area contributed by atoms with E-state index in [9.17, 15) is 23.2 Å². The molecule has 0 unspecified atom stereocenters. The molecule has 0 aliphatic carbocycles. The Morgan fingerprint density at radius 2 is 1.80 bits per heavy atom. The van der Waals surface area contributed by atoms with Crippen molar-refractivity contribution in [1.29, 1.82) is 0 Å². The lowest BCUT2D eigenvalue weighted by Crippen LogP contribution is -2.39.